The summed E-state index contributed by atoms with van der Waals surface area (Å²) in [5.74, 6) is 0. The summed E-state index contributed by atoms with van der Waals surface area (Å²) in [6.45, 7) is 6.82. The number of nitrogens with zero attached hydrogens (tertiary/aromatic N) is 1. The minimum atomic E-state index is 0.180. The molecule has 18 heavy (non-hydrogen) atoms. The van der Waals surface area contributed by atoms with Gasteiger partial charge in [-0.3, -0.25) is 0 Å². The molecule has 0 atom stereocenters. The molecule has 0 saturated heterocycles. The average Bonchev–Trinajstić information content (AvgIpc) is 2.69. The van der Waals surface area contributed by atoms with Crippen LogP contribution < -0.4 is 0 Å². The molecule has 1 heteroatoms. The quantitative estimate of drug-likeness (QED) is 0.677. The van der Waals surface area contributed by atoms with E-state index in [2.05, 4.69) is 74.9 Å². The maximum Gasteiger partial charge on any atom is 0.0480 e. The van der Waals surface area contributed by atoms with Crippen molar-refractivity contribution in [2.75, 3.05) is 0 Å². The number of para-hydroxylation sites is 1. The highest BCUT2D eigenvalue weighted by Crippen LogP contribution is 2.31. The van der Waals surface area contributed by atoms with E-state index in [9.17, 15) is 0 Å². The van der Waals surface area contributed by atoms with Gasteiger partial charge in [0.2, 0.25) is 0 Å². The maximum absolute atomic E-state index is 2.33. The van der Waals surface area contributed by atoms with Crippen LogP contribution in [0, 0.1) is 0 Å². The molecule has 2 rings (SSSR count). The molecule has 1 aromatic carbocycles. The van der Waals surface area contributed by atoms with E-state index < -0.39 is 0 Å². The zero-order valence-electron chi connectivity index (χ0n) is 11.9. The first kappa shape index (κ1) is 12.9. The Balaban J connectivity index is 2.40. The number of fused-ring (bicyclic) bond motifs is 1. The molecule has 96 valence electrons. The third kappa shape index (κ3) is 2.35. The van der Waals surface area contributed by atoms with Gasteiger partial charge in [-0.05, 0) is 30.4 Å². The van der Waals surface area contributed by atoms with Crippen molar-refractivity contribution < 1.29 is 0 Å². The topological polar surface area (TPSA) is 4.93 Å². The van der Waals surface area contributed by atoms with Gasteiger partial charge in [-0.15, -0.1) is 0 Å². The zero-order valence-corrected chi connectivity index (χ0v) is 11.9. The summed E-state index contributed by atoms with van der Waals surface area (Å²) in [6, 6.07) is 10.9. The first-order valence-corrected chi connectivity index (χ1v) is 6.76. The van der Waals surface area contributed by atoms with Crippen LogP contribution in [-0.4, -0.2) is 4.57 Å². The molecule has 0 N–H and O–H groups in total. The van der Waals surface area contributed by atoms with Gasteiger partial charge in [0.15, 0.2) is 0 Å². The predicted octanol–water partition coefficient (Wildman–Crippen LogP) is 4.81. The van der Waals surface area contributed by atoms with E-state index >= 15 is 0 Å². The van der Waals surface area contributed by atoms with E-state index in [4.69, 9.17) is 0 Å². The minimum absolute atomic E-state index is 0.180. The minimum Gasteiger partial charge on any atom is -0.347 e. The Bertz CT molecular complexity index is 558. The van der Waals surface area contributed by atoms with Gasteiger partial charge in [0.05, 0.1) is 0 Å². The molecule has 0 amide bonds. The molecule has 0 bridgehead atoms. The molecule has 0 aliphatic carbocycles. The van der Waals surface area contributed by atoms with Crippen LogP contribution in [0.15, 0.2) is 42.5 Å². The first-order chi connectivity index (χ1) is 8.56. The van der Waals surface area contributed by atoms with Crippen molar-refractivity contribution in [1.82, 2.24) is 4.57 Å². The lowest BCUT2D eigenvalue weighted by molar-refractivity contribution is 0.499. The Morgan fingerprint density at radius 2 is 1.89 bits per heavy atom. The first-order valence-electron chi connectivity index (χ1n) is 6.76. The fourth-order valence-electron chi connectivity index (χ4n) is 2.59. The summed E-state index contributed by atoms with van der Waals surface area (Å²) < 4.78 is 2.33. The fourth-order valence-corrected chi connectivity index (χ4v) is 2.59. The van der Waals surface area contributed by atoms with Gasteiger partial charge < -0.3 is 4.57 Å². The number of aryl methyl sites for hydroxylation is 1. The van der Waals surface area contributed by atoms with Crippen LogP contribution in [0.1, 0.15) is 39.3 Å². The van der Waals surface area contributed by atoms with Crippen molar-refractivity contribution in [2.24, 2.45) is 7.05 Å². The summed E-state index contributed by atoms with van der Waals surface area (Å²) in [4.78, 5) is 0. The summed E-state index contributed by atoms with van der Waals surface area (Å²) in [6.07, 6.45) is 6.76. The van der Waals surface area contributed by atoms with Crippen LogP contribution in [0.25, 0.3) is 10.9 Å². The normalized spacial score (nSPS) is 12.7. The highest BCUT2D eigenvalue weighted by Gasteiger charge is 2.23. The third-order valence-corrected chi connectivity index (χ3v) is 3.68. The van der Waals surface area contributed by atoms with Gasteiger partial charge >= 0.3 is 0 Å². The van der Waals surface area contributed by atoms with E-state index in [-0.39, 0.29) is 5.41 Å². The summed E-state index contributed by atoms with van der Waals surface area (Å²) in [7, 11) is 2.17. The number of rotatable bonds is 4. The predicted molar refractivity (Wildman–Crippen MR) is 80.0 cm³/mol. The van der Waals surface area contributed by atoms with Crippen molar-refractivity contribution >= 4 is 10.9 Å². The maximum atomic E-state index is 2.33. The number of aromatic nitrogens is 1. The number of allylic oxidation sites excluding steroid dienone is 2. The lowest BCUT2D eigenvalue weighted by atomic mass is 9.85. The molecule has 0 unspecified atom stereocenters. The molecule has 1 heterocycles. The lowest BCUT2D eigenvalue weighted by Crippen LogP contribution is -2.19. The van der Waals surface area contributed by atoms with Gasteiger partial charge in [0.1, 0.15) is 0 Å². The molecule has 0 radical (unpaired) electrons. The van der Waals surface area contributed by atoms with E-state index in [1.807, 2.05) is 0 Å². The summed E-state index contributed by atoms with van der Waals surface area (Å²) >= 11 is 0. The van der Waals surface area contributed by atoms with Crippen LogP contribution >= 0.6 is 0 Å². The van der Waals surface area contributed by atoms with Crippen LogP contribution in [0.3, 0.4) is 0 Å². The average molecular weight is 241 g/mol. The SMILES string of the molecule is CC/C=C\CC(C)(C)c1cc2ccccc2n1C. The van der Waals surface area contributed by atoms with E-state index in [1.54, 1.807) is 0 Å². The van der Waals surface area contributed by atoms with Crippen LogP contribution in [0.5, 0.6) is 0 Å². The van der Waals surface area contributed by atoms with E-state index in [0.717, 1.165) is 12.8 Å². The van der Waals surface area contributed by atoms with E-state index in [0.29, 0.717) is 0 Å². The Kier molecular flexibility index (Phi) is 3.60. The van der Waals surface area contributed by atoms with Gasteiger partial charge in [0.25, 0.3) is 0 Å². The second-order valence-electron chi connectivity index (χ2n) is 5.62. The highest BCUT2D eigenvalue weighted by atomic mass is 15.0. The Hall–Kier alpha value is -1.50. The fraction of sp³-hybridized carbons (Fsp3) is 0.412. The number of hydrogen-bond acceptors (Lipinski definition) is 0. The summed E-state index contributed by atoms with van der Waals surface area (Å²) in [5.41, 5.74) is 2.91. The van der Waals surface area contributed by atoms with Gasteiger partial charge in [-0.25, -0.2) is 0 Å². The van der Waals surface area contributed by atoms with Gasteiger partial charge in [-0.2, -0.15) is 0 Å². The van der Waals surface area contributed by atoms with Crippen LogP contribution in [0.4, 0.5) is 0 Å². The van der Waals surface area contributed by atoms with Crippen molar-refractivity contribution in [3.8, 4) is 0 Å². The molecule has 2 aromatic rings. The van der Waals surface area contributed by atoms with Crippen LogP contribution in [0.2, 0.25) is 0 Å². The van der Waals surface area contributed by atoms with Crippen molar-refractivity contribution in [2.45, 2.75) is 39.0 Å². The van der Waals surface area contributed by atoms with Crippen molar-refractivity contribution in [3.05, 3.63) is 48.2 Å². The second-order valence-corrected chi connectivity index (χ2v) is 5.62. The molecule has 0 saturated carbocycles. The Labute approximate surface area is 110 Å². The van der Waals surface area contributed by atoms with Gasteiger partial charge in [-0.1, -0.05) is 51.1 Å². The van der Waals surface area contributed by atoms with Gasteiger partial charge in [0, 0.05) is 23.7 Å². The smallest absolute Gasteiger partial charge is 0.0480 e. The molecule has 1 aromatic heterocycles. The monoisotopic (exact) mass is 241 g/mol. The molecule has 1 nitrogen and oxygen atoms in total. The molecule has 0 fully saturated rings. The Morgan fingerprint density at radius 3 is 2.56 bits per heavy atom. The molecule has 0 spiro atoms. The molecular formula is C17H23N. The lowest BCUT2D eigenvalue weighted by Gasteiger charge is -2.24. The second kappa shape index (κ2) is 5.01. The third-order valence-electron chi connectivity index (χ3n) is 3.68. The number of benzene rings is 1. The molecule has 0 aliphatic heterocycles. The molecular weight excluding hydrogens is 218 g/mol. The van der Waals surface area contributed by atoms with Crippen LogP contribution in [-0.2, 0) is 12.5 Å². The highest BCUT2D eigenvalue weighted by molar-refractivity contribution is 5.81. The standard InChI is InChI=1S/C17H23N/c1-5-6-9-12-17(2,3)16-13-14-10-7-8-11-15(14)18(16)4/h6-11,13H,5,12H2,1-4H3/b9-6-. The van der Waals surface area contributed by atoms with Crippen molar-refractivity contribution in [1.29, 1.82) is 0 Å². The number of hydrogen-bond donors (Lipinski definition) is 0. The Morgan fingerprint density at radius 1 is 1.17 bits per heavy atom. The van der Waals surface area contributed by atoms with Crippen molar-refractivity contribution in [3.63, 3.8) is 0 Å². The van der Waals surface area contributed by atoms with E-state index in [1.165, 1.54) is 16.6 Å². The zero-order chi connectivity index (χ0) is 13.2. The summed E-state index contributed by atoms with van der Waals surface area (Å²) in [5, 5.41) is 1.34. The molecule has 0 aliphatic rings. The largest absolute Gasteiger partial charge is 0.347 e.